The average Bonchev–Trinajstić information content (AvgIpc) is 2.25. The molecule has 0 heterocycles. The molecule has 12 heteroatoms. The maximum absolute atomic E-state index is 12.6. The topological polar surface area (TPSA) is 68.3 Å². The van der Waals surface area contributed by atoms with Crippen molar-refractivity contribution < 1.29 is 43.2 Å². The van der Waals surface area contributed by atoms with Crippen molar-refractivity contribution in [2.24, 2.45) is 0 Å². The first-order valence-corrected chi connectivity index (χ1v) is 8.17. The van der Waals surface area contributed by atoms with E-state index in [1.165, 1.54) is 0 Å². The van der Waals surface area contributed by atoms with Crippen LogP contribution in [-0.4, -0.2) is 27.4 Å². The number of halogens is 6. The minimum atomic E-state index is -6.12. The van der Waals surface area contributed by atoms with Gasteiger partial charge in [-0.3, -0.25) is 0 Å². The van der Waals surface area contributed by atoms with Crippen LogP contribution in [0, 0.1) is 0 Å². The average molecular weight is 356 g/mol. The van der Waals surface area contributed by atoms with Crippen LogP contribution in [-0.2, 0) is 25.9 Å². The Morgan fingerprint density at radius 3 is 1.76 bits per heavy atom. The molecule has 0 atom stereocenters. The van der Waals surface area contributed by atoms with Crippen molar-refractivity contribution in [3.63, 3.8) is 0 Å². The largest absolute Gasteiger partial charge is 0.498 e. The molecule has 0 unspecified atom stereocenters. The lowest BCUT2D eigenvalue weighted by molar-refractivity contribution is -0.139. The molecule has 0 saturated heterocycles. The van der Waals surface area contributed by atoms with Gasteiger partial charge in [-0.05, 0) is 12.1 Å². The molecule has 0 saturated carbocycles. The Morgan fingerprint density at radius 1 is 0.857 bits per heavy atom. The van der Waals surface area contributed by atoms with Crippen LogP contribution in [0.3, 0.4) is 0 Å². The number of alkyl halides is 6. The predicted molar refractivity (Wildman–Crippen MR) is 58.5 cm³/mol. The molecule has 0 N–H and O–H groups in total. The monoisotopic (exact) mass is 356 g/mol. The second-order valence-electron chi connectivity index (χ2n) is 3.79. The third-order valence-corrected chi connectivity index (χ3v) is 6.40. The van der Waals surface area contributed by atoms with Crippen molar-refractivity contribution >= 4 is 19.7 Å². The molecular weight excluding hydrogens is 350 g/mol. The molecule has 0 amide bonds. The van der Waals surface area contributed by atoms with Gasteiger partial charge in [0.1, 0.15) is 0 Å². The molecule has 0 aliphatic heterocycles. The lowest BCUT2D eigenvalue weighted by Crippen LogP contribution is -2.30. The summed E-state index contributed by atoms with van der Waals surface area (Å²) < 4.78 is 119. The Balaban J connectivity index is 3.42. The molecule has 0 fully saturated rings. The zero-order valence-corrected chi connectivity index (χ0v) is 11.4. The van der Waals surface area contributed by atoms with E-state index in [1.807, 2.05) is 0 Å². The fourth-order valence-corrected chi connectivity index (χ4v) is 4.79. The molecule has 21 heavy (non-hydrogen) atoms. The van der Waals surface area contributed by atoms with Gasteiger partial charge in [-0.2, -0.15) is 26.3 Å². The van der Waals surface area contributed by atoms with Gasteiger partial charge in [-0.15, -0.1) is 0 Å². The molecule has 4 nitrogen and oxygen atoms in total. The van der Waals surface area contributed by atoms with Crippen molar-refractivity contribution in [3.8, 4) is 0 Å². The van der Waals surface area contributed by atoms with Crippen LogP contribution in [0.2, 0.25) is 0 Å². The molecule has 0 radical (unpaired) electrons. The molecule has 1 aromatic carbocycles. The lowest BCUT2D eigenvalue weighted by atomic mass is 10.2. The molecule has 0 aromatic heterocycles. The van der Waals surface area contributed by atoms with E-state index in [-0.39, 0.29) is 0 Å². The molecule has 0 spiro atoms. The summed E-state index contributed by atoms with van der Waals surface area (Å²) in [4.78, 5) is -1.52. The highest BCUT2D eigenvalue weighted by Crippen LogP contribution is 2.35. The fourth-order valence-electron chi connectivity index (χ4n) is 1.31. The van der Waals surface area contributed by atoms with E-state index in [2.05, 4.69) is 0 Å². The second-order valence-corrected chi connectivity index (χ2v) is 8.09. The van der Waals surface area contributed by atoms with Gasteiger partial charge in [0, 0.05) is 0 Å². The number of hydrogen-bond donors (Lipinski definition) is 0. The standard InChI is InChI=1S/C9H6F6O4S2/c10-8(11,12)6-3-1-2-4-7(6)20(16,17)5-21(18,19)9(13,14)15/h1-4H,5H2. The molecule has 0 bridgehead atoms. The SMILES string of the molecule is O=S(=O)(CS(=O)(=O)C(F)(F)F)c1ccccc1C(F)(F)F. The predicted octanol–water partition coefficient (Wildman–Crippen LogP) is 2.37. The summed E-state index contributed by atoms with van der Waals surface area (Å²) in [7, 11) is -11.5. The summed E-state index contributed by atoms with van der Waals surface area (Å²) >= 11 is 0. The summed E-state index contributed by atoms with van der Waals surface area (Å²) in [5.74, 6) is 0. The van der Waals surface area contributed by atoms with Crippen molar-refractivity contribution in [2.75, 3.05) is 5.08 Å². The summed E-state index contributed by atoms with van der Waals surface area (Å²) in [6.45, 7) is 0. The van der Waals surface area contributed by atoms with Crippen LogP contribution in [0.15, 0.2) is 29.2 Å². The maximum atomic E-state index is 12.6. The molecule has 1 aromatic rings. The minimum Gasteiger partial charge on any atom is -0.223 e. The lowest BCUT2D eigenvalue weighted by Gasteiger charge is -2.14. The van der Waals surface area contributed by atoms with E-state index >= 15 is 0 Å². The third kappa shape index (κ3) is 3.87. The van der Waals surface area contributed by atoms with Gasteiger partial charge in [-0.25, -0.2) is 16.8 Å². The van der Waals surface area contributed by atoms with Crippen LogP contribution in [0.1, 0.15) is 5.56 Å². The molecular formula is C9H6F6O4S2. The minimum absolute atomic E-state index is 0.326. The Morgan fingerprint density at radius 2 is 1.33 bits per heavy atom. The first-order valence-electron chi connectivity index (χ1n) is 4.86. The third-order valence-electron chi connectivity index (χ3n) is 2.19. The molecule has 120 valence electrons. The van der Waals surface area contributed by atoms with Gasteiger partial charge in [0.15, 0.2) is 14.9 Å². The first kappa shape index (κ1) is 17.8. The van der Waals surface area contributed by atoms with E-state index in [4.69, 9.17) is 0 Å². The quantitative estimate of drug-likeness (QED) is 0.780. The number of benzene rings is 1. The van der Waals surface area contributed by atoms with Crippen LogP contribution in [0.5, 0.6) is 0 Å². The van der Waals surface area contributed by atoms with Crippen LogP contribution in [0.4, 0.5) is 26.3 Å². The smallest absolute Gasteiger partial charge is 0.223 e. The highest BCUT2D eigenvalue weighted by atomic mass is 32.3. The first-order chi connectivity index (χ1) is 9.18. The highest BCUT2D eigenvalue weighted by molar-refractivity contribution is 8.08. The van der Waals surface area contributed by atoms with Gasteiger partial charge in [0.2, 0.25) is 0 Å². The number of rotatable bonds is 3. The Labute approximate surface area is 115 Å². The van der Waals surface area contributed by atoms with E-state index in [0.717, 1.165) is 12.1 Å². The van der Waals surface area contributed by atoms with E-state index in [9.17, 15) is 43.2 Å². The van der Waals surface area contributed by atoms with Crippen molar-refractivity contribution in [1.29, 1.82) is 0 Å². The Hall–Kier alpha value is -1.30. The fraction of sp³-hybridized carbons (Fsp3) is 0.333. The van der Waals surface area contributed by atoms with Gasteiger partial charge < -0.3 is 0 Å². The van der Waals surface area contributed by atoms with Gasteiger partial charge in [0.05, 0.1) is 10.5 Å². The van der Waals surface area contributed by atoms with Crippen molar-refractivity contribution in [2.45, 2.75) is 16.6 Å². The Kier molecular flexibility index (Phi) is 4.36. The van der Waals surface area contributed by atoms with Gasteiger partial charge >= 0.3 is 11.7 Å². The van der Waals surface area contributed by atoms with Gasteiger partial charge in [0.25, 0.3) is 9.84 Å². The normalized spacial score (nSPS) is 14.2. The summed E-state index contributed by atoms with van der Waals surface area (Å²) in [5, 5.41) is -2.49. The van der Waals surface area contributed by atoms with Crippen LogP contribution < -0.4 is 0 Å². The molecule has 0 aliphatic rings. The van der Waals surface area contributed by atoms with E-state index in [1.54, 1.807) is 0 Å². The van der Waals surface area contributed by atoms with E-state index in [0.29, 0.717) is 12.1 Å². The maximum Gasteiger partial charge on any atom is 0.498 e. The molecule has 1 rings (SSSR count). The second kappa shape index (κ2) is 5.16. The number of sulfone groups is 2. The van der Waals surface area contributed by atoms with Crippen LogP contribution in [0.25, 0.3) is 0 Å². The van der Waals surface area contributed by atoms with Crippen molar-refractivity contribution in [3.05, 3.63) is 29.8 Å². The Bertz CT molecular complexity index is 730. The zero-order chi connectivity index (χ0) is 16.7. The molecule has 0 aliphatic carbocycles. The summed E-state index contributed by atoms with van der Waals surface area (Å²) in [6.07, 6.45) is -5.16. The van der Waals surface area contributed by atoms with Crippen LogP contribution >= 0.6 is 0 Å². The van der Waals surface area contributed by atoms with Gasteiger partial charge in [-0.1, -0.05) is 12.1 Å². The summed E-state index contributed by atoms with van der Waals surface area (Å²) in [5.41, 5.74) is -7.62. The van der Waals surface area contributed by atoms with E-state index < -0.39 is 46.9 Å². The zero-order valence-electron chi connectivity index (χ0n) is 9.73. The highest BCUT2D eigenvalue weighted by Gasteiger charge is 2.49. The number of hydrogen-bond acceptors (Lipinski definition) is 4. The summed E-state index contributed by atoms with van der Waals surface area (Å²) in [6, 6.07) is 2.37. The van der Waals surface area contributed by atoms with Crippen molar-refractivity contribution in [1.82, 2.24) is 0 Å².